The van der Waals surface area contributed by atoms with E-state index in [0.29, 0.717) is 0 Å². The van der Waals surface area contributed by atoms with Crippen molar-refractivity contribution in [2.45, 2.75) is 0 Å². The molecule has 0 amide bonds. The largest absolute Gasteiger partial charge is 6.00 e. The van der Waals surface area contributed by atoms with Crippen molar-refractivity contribution in [1.82, 2.24) is 0 Å². The van der Waals surface area contributed by atoms with E-state index in [1.165, 1.54) is 0 Å². The Morgan fingerprint density at radius 2 is 1.25 bits per heavy atom. The van der Waals surface area contributed by atoms with Crippen LogP contribution < -0.4 is 5.73 Å². The summed E-state index contributed by atoms with van der Waals surface area (Å²) in [5.74, 6) is 0. The molecule has 48 valence electrons. The van der Waals surface area contributed by atoms with E-state index >= 15 is 0 Å². The van der Waals surface area contributed by atoms with Crippen LogP contribution in [0.1, 0.15) is 0 Å². The Hall–Kier alpha value is 1.98. The maximum Gasteiger partial charge on any atom is 6.00 e. The van der Waals surface area contributed by atoms with Gasteiger partial charge in [-0.2, -0.15) is 0 Å². The summed E-state index contributed by atoms with van der Waals surface area (Å²) in [4.78, 5) is 0. The summed E-state index contributed by atoms with van der Waals surface area (Å²) in [5.41, 5.74) is 4.71. The van der Waals surface area contributed by atoms with Gasteiger partial charge in [0.2, 0.25) is 0 Å². The summed E-state index contributed by atoms with van der Waals surface area (Å²) in [7, 11) is 0. The van der Waals surface area contributed by atoms with Gasteiger partial charge in [-0.1, -0.05) is 12.2 Å². The molecule has 2 N–H and O–H groups in total. The minimum atomic E-state index is 0. The molecule has 0 saturated carbocycles. The number of nitrogens with two attached hydrogens (primary N) is 1. The summed E-state index contributed by atoms with van der Waals surface area (Å²) < 4.78 is 0.194. The number of thiol groups is 1. The fraction of sp³-hybridized carbons (Fsp3) is 0. The normalized spacial score (nSPS) is 3.12. The monoisotopic (exact) mass is 287 g/mol. The van der Waals surface area contributed by atoms with E-state index in [-0.39, 0.29) is 65.9 Å². The van der Waals surface area contributed by atoms with Crippen molar-refractivity contribution in [2.75, 3.05) is 0 Å². The third-order valence-corrected chi connectivity index (χ3v) is 0. The fourth-order valence-corrected chi connectivity index (χ4v) is 0. The van der Waals surface area contributed by atoms with Gasteiger partial charge in [-0.25, -0.2) is 0 Å². The predicted octanol–water partition coefficient (Wildman–Crippen LogP) is 0.150. The maximum atomic E-state index is 4.71. The van der Waals surface area contributed by atoms with Crippen molar-refractivity contribution in [3.8, 4) is 0 Å². The first kappa shape index (κ1) is 32.5. The molecule has 0 aromatic carbocycles. The van der Waals surface area contributed by atoms with E-state index in [1.807, 2.05) is 0 Å². The summed E-state index contributed by atoms with van der Waals surface area (Å²) >= 11 is 7.65. The van der Waals surface area contributed by atoms with Gasteiger partial charge in [0.05, 0.1) is 0 Å². The van der Waals surface area contributed by atoms with Crippen molar-refractivity contribution in [1.29, 1.82) is 0 Å². The van der Waals surface area contributed by atoms with Gasteiger partial charge in [0.25, 0.3) is 0 Å². The Morgan fingerprint density at radius 3 is 1.25 bits per heavy atom. The molecule has 0 aliphatic heterocycles. The zero-order chi connectivity index (χ0) is 3.58. The SMILES string of the molecule is NC(=S)S.[Mo+6].[S-2].[S-2].[S-2]. The molecule has 1 nitrogen and oxygen atoms in total. The van der Waals surface area contributed by atoms with E-state index in [0.717, 1.165) is 0 Å². The molecule has 0 aliphatic rings. The Morgan fingerprint density at radius 1 is 1.25 bits per heavy atom. The van der Waals surface area contributed by atoms with Crippen LogP contribution in [0.15, 0.2) is 0 Å². The van der Waals surface area contributed by atoms with Gasteiger partial charge >= 0.3 is 21.1 Å². The first-order valence-electron chi connectivity index (χ1n) is 0.716. The number of hydrogen-bond acceptors (Lipinski definition) is 1. The quantitative estimate of drug-likeness (QED) is 0.376. The fourth-order valence-electron chi connectivity index (χ4n) is 0. The van der Waals surface area contributed by atoms with Crippen LogP contribution in [0.4, 0.5) is 0 Å². The second-order valence-electron chi connectivity index (χ2n) is 0.338. The van der Waals surface area contributed by atoms with E-state index in [2.05, 4.69) is 24.8 Å². The molecule has 0 atom stereocenters. The van der Waals surface area contributed by atoms with Crippen LogP contribution in [-0.4, -0.2) is 4.32 Å². The van der Waals surface area contributed by atoms with Gasteiger partial charge in [-0.15, -0.1) is 12.6 Å². The van der Waals surface area contributed by atoms with Gasteiger partial charge in [-0.05, 0) is 0 Å². The summed E-state index contributed by atoms with van der Waals surface area (Å²) in [6, 6.07) is 0. The zero-order valence-corrected chi connectivity index (χ0v) is 9.73. The van der Waals surface area contributed by atoms with Gasteiger partial charge < -0.3 is 46.2 Å². The molecule has 0 fully saturated rings. The second-order valence-corrected chi connectivity index (χ2v) is 1.56. The van der Waals surface area contributed by atoms with Crippen LogP contribution in [0.2, 0.25) is 0 Å². The molecule has 0 aromatic rings. The second kappa shape index (κ2) is 23.1. The smallest absolute Gasteiger partial charge is 2.00 e. The maximum absolute atomic E-state index is 4.71. The zero-order valence-electron chi connectivity index (χ0n) is 3.57. The molecule has 0 aliphatic carbocycles. The molecule has 0 aromatic heterocycles. The first-order chi connectivity index (χ1) is 1.73. The van der Waals surface area contributed by atoms with E-state index < -0.39 is 0 Å². The average Bonchev–Trinajstić information content (AvgIpc) is 0.811. The van der Waals surface area contributed by atoms with Crippen LogP contribution in [0, 0.1) is 0 Å². The van der Waals surface area contributed by atoms with Gasteiger partial charge in [-0.3, -0.25) is 0 Å². The minimum Gasteiger partial charge on any atom is -2.00 e. The Kier molecular flexibility index (Phi) is 93.6. The third-order valence-electron chi connectivity index (χ3n) is 0. The van der Waals surface area contributed by atoms with E-state index in [4.69, 9.17) is 5.73 Å². The molecule has 0 unspecified atom stereocenters. The molecule has 0 rings (SSSR count). The number of rotatable bonds is 0. The van der Waals surface area contributed by atoms with Gasteiger partial charge in [0.1, 0.15) is 4.32 Å². The van der Waals surface area contributed by atoms with Crippen LogP contribution in [-0.2, 0) is 61.6 Å². The predicted molar refractivity (Wildman–Crippen MR) is 47.9 cm³/mol. The van der Waals surface area contributed by atoms with Crippen molar-refractivity contribution < 1.29 is 21.1 Å². The van der Waals surface area contributed by atoms with E-state index in [1.54, 1.807) is 0 Å². The van der Waals surface area contributed by atoms with Crippen molar-refractivity contribution in [3.63, 3.8) is 0 Å². The van der Waals surface area contributed by atoms with Crippen LogP contribution in [0.5, 0.6) is 0 Å². The standard InChI is InChI=1S/CH3NS2.Mo.3S/c2-1(3)4;;;;/h(H3,2,3,4);;;;/q;+6;3*-2. The molecule has 0 heterocycles. The van der Waals surface area contributed by atoms with Gasteiger partial charge in [0.15, 0.2) is 0 Å². The number of thiocarbonyl (C=S) groups is 1. The molecular weight excluding hydrogens is 282 g/mol. The Labute approximate surface area is 95.6 Å². The Bertz CT molecular complexity index is 35.4. The Balaban J connectivity index is -0.00000000750. The molecule has 0 bridgehead atoms. The first-order valence-corrected chi connectivity index (χ1v) is 1.57. The molecule has 0 spiro atoms. The van der Waals surface area contributed by atoms with Crippen molar-refractivity contribution in [3.05, 3.63) is 0 Å². The molecular formula is CH3MoNS5. The van der Waals surface area contributed by atoms with Crippen LogP contribution in [0.3, 0.4) is 0 Å². The third kappa shape index (κ3) is 99.3. The van der Waals surface area contributed by atoms with Crippen LogP contribution >= 0.6 is 24.8 Å². The minimum absolute atomic E-state index is 0. The van der Waals surface area contributed by atoms with Crippen molar-refractivity contribution in [2.24, 2.45) is 5.73 Å². The number of hydrogen-bond donors (Lipinski definition) is 2. The molecule has 0 saturated heterocycles. The summed E-state index contributed by atoms with van der Waals surface area (Å²) in [5, 5.41) is 0. The molecule has 0 radical (unpaired) electrons. The summed E-state index contributed by atoms with van der Waals surface area (Å²) in [6.07, 6.45) is 0. The molecule has 7 heteroatoms. The molecule has 8 heavy (non-hydrogen) atoms. The summed E-state index contributed by atoms with van der Waals surface area (Å²) in [6.45, 7) is 0. The van der Waals surface area contributed by atoms with Gasteiger partial charge in [0, 0.05) is 0 Å². The van der Waals surface area contributed by atoms with Crippen LogP contribution in [0.25, 0.3) is 0 Å². The average molecular weight is 285 g/mol. The van der Waals surface area contributed by atoms with Crippen molar-refractivity contribution >= 4 is 69.7 Å². The topological polar surface area (TPSA) is 26.0 Å². The van der Waals surface area contributed by atoms with E-state index in [9.17, 15) is 0 Å².